The van der Waals surface area contributed by atoms with Gasteiger partial charge in [-0.1, -0.05) is 13.8 Å². The number of guanidine groups is 1. The Hall–Kier alpha value is -1.34. The zero-order valence-electron chi connectivity index (χ0n) is 17.3. The first-order valence-electron chi connectivity index (χ1n) is 10.5. The summed E-state index contributed by atoms with van der Waals surface area (Å²) >= 11 is 0. The summed E-state index contributed by atoms with van der Waals surface area (Å²) in [4.78, 5) is 18.5. The molecule has 2 fully saturated rings. The largest absolute Gasteiger partial charge is 0.462 e. The molecule has 1 atom stereocenters. The summed E-state index contributed by atoms with van der Waals surface area (Å²) in [5.41, 5.74) is 0. The van der Waals surface area contributed by atoms with E-state index in [0.29, 0.717) is 18.9 Å². The van der Waals surface area contributed by atoms with Gasteiger partial charge in [-0.15, -0.1) is 0 Å². The second-order valence-corrected chi connectivity index (χ2v) is 8.03. The fourth-order valence-electron chi connectivity index (χ4n) is 3.71. The Morgan fingerprint density at radius 1 is 1.30 bits per heavy atom. The Labute approximate surface area is 164 Å². The number of nitrogens with zero attached hydrogens (tertiary/aromatic N) is 2. The second-order valence-electron chi connectivity index (χ2n) is 8.03. The lowest BCUT2D eigenvalue weighted by molar-refractivity contribution is -0.148. The Morgan fingerprint density at radius 3 is 2.78 bits per heavy atom. The normalized spacial score (nSPS) is 22.2. The molecule has 1 aliphatic carbocycles. The molecule has 2 N–H and O–H groups in total. The van der Waals surface area contributed by atoms with Crippen LogP contribution in [-0.4, -0.2) is 75.4 Å². The van der Waals surface area contributed by atoms with Crippen molar-refractivity contribution in [3.05, 3.63) is 0 Å². The first-order valence-corrected chi connectivity index (χ1v) is 10.5. The SMILES string of the molecule is CN=C(NCCCC(=O)OC1CCCC1)NCC1CN(CC(C)C)CCO1. The third-order valence-corrected chi connectivity index (χ3v) is 5.02. The second kappa shape index (κ2) is 12.2. The number of hydrogen-bond donors (Lipinski definition) is 2. The van der Waals surface area contributed by atoms with Crippen LogP contribution in [0.25, 0.3) is 0 Å². The molecule has 0 radical (unpaired) electrons. The highest BCUT2D eigenvalue weighted by Crippen LogP contribution is 2.21. The van der Waals surface area contributed by atoms with Crippen molar-refractivity contribution in [1.29, 1.82) is 0 Å². The molecule has 0 bridgehead atoms. The molecule has 0 aromatic heterocycles. The summed E-state index contributed by atoms with van der Waals surface area (Å²) < 4.78 is 11.3. The van der Waals surface area contributed by atoms with E-state index < -0.39 is 0 Å². The van der Waals surface area contributed by atoms with E-state index in [2.05, 4.69) is 34.4 Å². The average molecular weight is 383 g/mol. The van der Waals surface area contributed by atoms with Crippen LogP contribution in [0.15, 0.2) is 4.99 Å². The Kier molecular flexibility index (Phi) is 9.91. The van der Waals surface area contributed by atoms with Crippen LogP contribution in [0.1, 0.15) is 52.4 Å². The third-order valence-electron chi connectivity index (χ3n) is 5.02. The van der Waals surface area contributed by atoms with Crippen molar-refractivity contribution in [2.24, 2.45) is 10.9 Å². The minimum Gasteiger partial charge on any atom is -0.462 e. The van der Waals surface area contributed by atoms with Gasteiger partial charge in [0.15, 0.2) is 5.96 Å². The van der Waals surface area contributed by atoms with Crippen molar-refractivity contribution in [3.63, 3.8) is 0 Å². The predicted octanol–water partition coefficient (Wildman–Crippen LogP) is 1.77. The van der Waals surface area contributed by atoms with Crippen molar-refractivity contribution < 1.29 is 14.3 Å². The number of aliphatic imine (C=N–C) groups is 1. The highest BCUT2D eigenvalue weighted by molar-refractivity contribution is 5.79. The molecule has 1 unspecified atom stereocenters. The Bertz CT molecular complexity index is 464. The number of rotatable bonds is 9. The maximum atomic E-state index is 11.8. The van der Waals surface area contributed by atoms with Crippen molar-refractivity contribution >= 4 is 11.9 Å². The monoisotopic (exact) mass is 382 g/mol. The van der Waals surface area contributed by atoms with E-state index in [-0.39, 0.29) is 18.2 Å². The van der Waals surface area contributed by atoms with Crippen LogP contribution in [0.2, 0.25) is 0 Å². The van der Waals surface area contributed by atoms with Gasteiger partial charge in [0.05, 0.1) is 12.7 Å². The van der Waals surface area contributed by atoms with Crippen molar-refractivity contribution in [3.8, 4) is 0 Å². The molecule has 0 aromatic carbocycles. The standard InChI is InChI=1S/C20H38N4O3/c1-16(2)14-24-11-12-26-18(15-24)13-23-20(21-3)22-10-6-9-19(25)27-17-7-4-5-8-17/h16-18H,4-15H2,1-3H3,(H2,21,22,23). The van der Waals surface area contributed by atoms with E-state index in [1.165, 1.54) is 12.8 Å². The quantitative estimate of drug-likeness (QED) is 0.274. The van der Waals surface area contributed by atoms with Crippen LogP contribution < -0.4 is 10.6 Å². The maximum absolute atomic E-state index is 11.8. The van der Waals surface area contributed by atoms with Gasteiger partial charge in [0, 0.05) is 46.2 Å². The number of carbonyl (C=O) groups is 1. The summed E-state index contributed by atoms with van der Waals surface area (Å²) in [6, 6.07) is 0. The molecular weight excluding hydrogens is 344 g/mol. The van der Waals surface area contributed by atoms with Gasteiger partial charge in [0.25, 0.3) is 0 Å². The van der Waals surface area contributed by atoms with E-state index in [4.69, 9.17) is 9.47 Å². The molecule has 1 saturated heterocycles. The number of hydrogen-bond acceptors (Lipinski definition) is 5. The fourth-order valence-corrected chi connectivity index (χ4v) is 3.71. The van der Waals surface area contributed by atoms with Gasteiger partial charge in [-0.25, -0.2) is 0 Å². The van der Waals surface area contributed by atoms with Crippen LogP contribution in [0.4, 0.5) is 0 Å². The molecular formula is C20H38N4O3. The molecule has 0 aromatic rings. The summed E-state index contributed by atoms with van der Waals surface area (Å²) in [5.74, 6) is 1.35. The zero-order chi connectivity index (χ0) is 19.5. The van der Waals surface area contributed by atoms with Gasteiger partial charge in [-0.3, -0.25) is 14.7 Å². The topological polar surface area (TPSA) is 75.2 Å². The van der Waals surface area contributed by atoms with E-state index >= 15 is 0 Å². The molecule has 27 heavy (non-hydrogen) atoms. The maximum Gasteiger partial charge on any atom is 0.306 e. The van der Waals surface area contributed by atoms with Crippen molar-refractivity contribution in [2.75, 3.05) is 46.4 Å². The van der Waals surface area contributed by atoms with Crippen LogP contribution in [0.3, 0.4) is 0 Å². The summed E-state index contributed by atoms with van der Waals surface area (Å²) in [5, 5.41) is 6.59. The van der Waals surface area contributed by atoms with Gasteiger partial charge in [-0.05, 0) is 38.0 Å². The summed E-state index contributed by atoms with van der Waals surface area (Å²) in [6.45, 7) is 9.80. The first kappa shape index (κ1) is 22.0. The summed E-state index contributed by atoms with van der Waals surface area (Å²) in [7, 11) is 1.76. The zero-order valence-corrected chi connectivity index (χ0v) is 17.3. The molecule has 0 amide bonds. The number of esters is 1. The predicted molar refractivity (Wildman–Crippen MR) is 108 cm³/mol. The third kappa shape index (κ3) is 8.93. The highest BCUT2D eigenvalue weighted by atomic mass is 16.5. The number of nitrogens with one attached hydrogen (secondary N) is 2. The fraction of sp³-hybridized carbons (Fsp3) is 0.900. The minimum atomic E-state index is -0.0764. The molecule has 156 valence electrons. The lowest BCUT2D eigenvalue weighted by Gasteiger charge is -2.34. The van der Waals surface area contributed by atoms with Crippen LogP contribution in [0.5, 0.6) is 0 Å². The van der Waals surface area contributed by atoms with E-state index in [9.17, 15) is 4.79 Å². The number of morpholine rings is 1. The molecule has 1 saturated carbocycles. The van der Waals surface area contributed by atoms with Gasteiger partial charge in [-0.2, -0.15) is 0 Å². The van der Waals surface area contributed by atoms with Crippen molar-refractivity contribution in [1.82, 2.24) is 15.5 Å². The average Bonchev–Trinajstić information content (AvgIpc) is 3.14. The van der Waals surface area contributed by atoms with E-state index in [0.717, 1.165) is 58.0 Å². The van der Waals surface area contributed by atoms with Gasteiger partial charge < -0.3 is 20.1 Å². The molecule has 7 nitrogen and oxygen atoms in total. The minimum absolute atomic E-state index is 0.0764. The molecule has 2 rings (SSSR count). The lowest BCUT2D eigenvalue weighted by Crippen LogP contribution is -2.50. The molecule has 7 heteroatoms. The summed E-state index contributed by atoms with van der Waals surface area (Å²) in [6.07, 6.45) is 5.95. The smallest absolute Gasteiger partial charge is 0.306 e. The van der Waals surface area contributed by atoms with E-state index in [1.54, 1.807) is 7.05 Å². The van der Waals surface area contributed by atoms with Crippen molar-refractivity contribution in [2.45, 2.75) is 64.6 Å². The van der Waals surface area contributed by atoms with E-state index in [1.807, 2.05) is 0 Å². The molecule has 0 spiro atoms. The molecule has 2 aliphatic rings. The number of carbonyl (C=O) groups excluding carboxylic acids is 1. The Morgan fingerprint density at radius 2 is 2.07 bits per heavy atom. The lowest BCUT2D eigenvalue weighted by atomic mass is 10.2. The van der Waals surface area contributed by atoms with Crippen LogP contribution >= 0.6 is 0 Å². The van der Waals surface area contributed by atoms with Gasteiger partial charge in [0.1, 0.15) is 6.10 Å². The van der Waals surface area contributed by atoms with Gasteiger partial charge in [0.2, 0.25) is 0 Å². The Balaban J connectivity index is 1.56. The highest BCUT2D eigenvalue weighted by Gasteiger charge is 2.21. The first-order chi connectivity index (χ1) is 13.1. The van der Waals surface area contributed by atoms with Gasteiger partial charge >= 0.3 is 5.97 Å². The number of ether oxygens (including phenoxy) is 2. The molecule has 1 heterocycles. The van der Waals surface area contributed by atoms with Crippen LogP contribution in [-0.2, 0) is 14.3 Å². The molecule has 1 aliphatic heterocycles. The van der Waals surface area contributed by atoms with Crippen LogP contribution in [0, 0.1) is 5.92 Å².